The highest BCUT2D eigenvalue weighted by Crippen LogP contribution is 2.64. The molecule has 0 aliphatic heterocycles. The van der Waals surface area contributed by atoms with E-state index in [9.17, 15) is 4.80 Å². The van der Waals surface area contributed by atoms with Crippen LogP contribution in [-0.4, -0.2) is 24.8 Å². The fourth-order valence-corrected chi connectivity index (χ4v) is 4.28. The van der Waals surface area contributed by atoms with Crippen molar-refractivity contribution in [1.29, 1.82) is 0 Å². The van der Waals surface area contributed by atoms with Crippen LogP contribution in [-0.2, 0) is 0 Å². The summed E-state index contributed by atoms with van der Waals surface area (Å²) in [5.74, 6) is 0.716. The summed E-state index contributed by atoms with van der Waals surface area (Å²) >= 11 is 0. The van der Waals surface area contributed by atoms with E-state index in [0.717, 1.165) is 12.8 Å². The zero-order valence-corrected chi connectivity index (χ0v) is 14.0. The first-order valence-electron chi connectivity index (χ1n) is 7.71. The lowest BCUT2D eigenvalue weighted by molar-refractivity contribution is 0.209. The van der Waals surface area contributed by atoms with Gasteiger partial charge in [-0.25, -0.2) is 0 Å². The van der Waals surface area contributed by atoms with Crippen LogP contribution in [0, 0.1) is 11.3 Å². The lowest BCUT2D eigenvalue weighted by Crippen LogP contribution is -2.41. The largest absolute Gasteiger partial charge is 0.432 e. The van der Waals surface area contributed by atoms with Gasteiger partial charge in [0.2, 0.25) is 0 Å². The molecule has 0 aromatic carbocycles. The maximum Gasteiger partial charge on any atom is 0.188 e. The third kappa shape index (κ3) is 3.14. The highest BCUT2D eigenvalue weighted by atomic mass is 28.4. The smallest absolute Gasteiger partial charge is 0.188 e. The average molecular weight is 282 g/mol. The Labute approximate surface area is 119 Å². The van der Waals surface area contributed by atoms with Crippen LogP contribution < -0.4 is 0 Å². The summed E-state index contributed by atoms with van der Waals surface area (Å²) in [4.78, 5) is 10.5. The van der Waals surface area contributed by atoms with Gasteiger partial charge < -0.3 is 9.90 Å². The molecule has 0 radical (unpaired) electrons. The van der Waals surface area contributed by atoms with E-state index >= 15 is 0 Å². The van der Waals surface area contributed by atoms with Gasteiger partial charge in [0.25, 0.3) is 0 Å². The average Bonchev–Trinajstić information content (AvgIpc) is 3.03. The monoisotopic (exact) mass is 282 g/mol. The van der Waals surface area contributed by atoms with Crippen molar-refractivity contribution in [2.75, 3.05) is 6.61 Å². The molecule has 1 atom stereocenters. The van der Waals surface area contributed by atoms with E-state index in [2.05, 4.69) is 26.9 Å². The van der Waals surface area contributed by atoms with E-state index in [4.69, 9.17) is 5.11 Å². The molecule has 2 N–H and O–H groups in total. The Balaban J connectivity index is 2.10. The first-order chi connectivity index (χ1) is 8.70. The van der Waals surface area contributed by atoms with Crippen LogP contribution in [0.5, 0.6) is 0 Å². The lowest BCUT2D eigenvalue weighted by atomic mass is 9.70. The van der Waals surface area contributed by atoms with Gasteiger partial charge >= 0.3 is 0 Å². The molecule has 110 valence electrons. The zero-order valence-electron chi connectivity index (χ0n) is 13.0. The van der Waals surface area contributed by atoms with E-state index < -0.39 is 8.32 Å². The summed E-state index contributed by atoms with van der Waals surface area (Å²) in [7, 11) is -2.11. The van der Waals surface area contributed by atoms with Crippen molar-refractivity contribution in [3.05, 3.63) is 11.6 Å². The number of hydrogen-bond acceptors (Lipinski definition) is 2. The Morgan fingerprint density at radius 1 is 1.32 bits per heavy atom. The van der Waals surface area contributed by atoms with Crippen molar-refractivity contribution < 1.29 is 9.90 Å². The number of allylic oxidation sites excluding steroid dienone is 1. The van der Waals surface area contributed by atoms with Crippen LogP contribution in [0.3, 0.4) is 0 Å². The normalized spacial score (nSPS) is 28.9. The minimum Gasteiger partial charge on any atom is -0.432 e. The fraction of sp³-hybridized carbons (Fsp3) is 0.875. The van der Waals surface area contributed by atoms with Crippen LogP contribution in [0.15, 0.2) is 11.6 Å². The van der Waals surface area contributed by atoms with Crippen LogP contribution in [0.25, 0.3) is 0 Å². The molecular formula is C16H30O2Si. The molecule has 0 aromatic heterocycles. The van der Waals surface area contributed by atoms with Gasteiger partial charge in [-0.05, 0) is 68.0 Å². The first kappa shape index (κ1) is 15.3. The molecule has 3 heteroatoms. The first-order valence-corrected chi connectivity index (χ1v) is 10.7. The maximum atomic E-state index is 10.5. The second-order valence-corrected chi connectivity index (χ2v) is 12.4. The van der Waals surface area contributed by atoms with Crippen molar-refractivity contribution in [3.63, 3.8) is 0 Å². The topological polar surface area (TPSA) is 40.5 Å². The molecule has 2 nitrogen and oxygen atoms in total. The predicted octanol–water partition coefficient (Wildman–Crippen LogP) is 3.85. The van der Waals surface area contributed by atoms with E-state index in [1.807, 2.05) is 6.08 Å². The summed E-state index contributed by atoms with van der Waals surface area (Å²) in [5, 5.41) is 9.18. The van der Waals surface area contributed by atoms with Gasteiger partial charge in [0.1, 0.15) is 0 Å². The third-order valence-electron chi connectivity index (χ3n) is 6.00. The standard InChI is InChI=1S/C16H30O2Si/c1-15(2,19(3,4)18)12-14-11-13(6-10-17)5-7-16(14)8-9-16/h6,14,17-18H,5,7-12H2,1-4H3/b13-6-/t14-/m0/s1. The van der Waals surface area contributed by atoms with Gasteiger partial charge in [-0.1, -0.05) is 25.5 Å². The van der Waals surface area contributed by atoms with Gasteiger partial charge in [-0.15, -0.1) is 0 Å². The molecule has 0 amide bonds. The Morgan fingerprint density at radius 2 is 1.95 bits per heavy atom. The molecule has 2 fully saturated rings. The van der Waals surface area contributed by atoms with E-state index in [0.29, 0.717) is 11.3 Å². The molecule has 19 heavy (non-hydrogen) atoms. The molecule has 0 bridgehead atoms. The Hall–Kier alpha value is -0.123. The van der Waals surface area contributed by atoms with Crippen molar-refractivity contribution >= 4 is 8.32 Å². The molecule has 2 saturated carbocycles. The predicted molar refractivity (Wildman–Crippen MR) is 82.5 cm³/mol. The highest BCUT2D eigenvalue weighted by molar-refractivity contribution is 6.72. The Kier molecular flexibility index (Phi) is 4.03. The van der Waals surface area contributed by atoms with Gasteiger partial charge in [0.05, 0.1) is 6.61 Å². The van der Waals surface area contributed by atoms with Crippen molar-refractivity contribution in [2.45, 2.75) is 70.5 Å². The van der Waals surface area contributed by atoms with Crippen LogP contribution in [0.4, 0.5) is 0 Å². The molecule has 0 saturated heterocycles. The molecular weight excluding hydrogens is 252 g/mol. The summed E-state index contributed by atoms with van der Waals surface area (Å²) in [6.45, 7) is 8.82. The summed E-state index contributed by atoms with van der Waals surface area (Å²) in [6, 6.07) is 0. The van der Waals surface area contributed by atoms with Crippen molar-refractivity contribution in [1.82, 2.24) is 0 Å². The molecule has 2 rings (SSSR count). The van der Waals surface area contributed by atoms with Crippen molar-refractivity contribution in [2.24, 2.45) is 11.3 Å². The third-order valence-corrected chi connectivity index (χ3v) is 9.52. The minimum atomic E-state index is -2.11. The second-order valence-electron chi connectivity index (χ2n) is 7.96. The molecule has 2 aliphatic rings. The minimum absolute atomic E-state index is 0.0783. The van der Waals surface area contributed by atoms with Crippen LogP contribution in [0.1, 0.15) is 52.4 Å². The van der Waals surface area contributed by atoms with E-state index in [-0.39, 0.29) is 11.6 Å². The summed E-state index contributed by atoms with van der Waals surface area (Å²) in [6.07, 6.45) is 9.54. The highest BCUT2D eigenvalue weighted by Gasteiger charge is 2.53. The number of aliphatic hydroxyl groups excluding tert-OH is 1. The van der Waals surface area contributed by atoms with Gasteiger partial charge in [0, 0.05) is 0 Å². The molecule has 2 aliphatic carbocycles. The molecule has 0 unspecified atom stereocenters. The number of hydrogen-bond donors (Lipinski definition) is 2. The Morgan fingerprint density at radius 3 is 2.42 bits per heavy atom. The Bertz CT molecular complexity index is 361. The van der Waals surface area contributed by atoms with Crippen LogP contribution >= 0.6 is 0 Å². The van der Waals surface area contributed by atoms with Gasteiger partial charge in [0.15, 0.2) is 8.32 Å². The molecule has 0 aromatic rings. The SMILES string of the molecule is CC(C)(C[C@@H]1C/C(=C\CO)CCC12CC2)[Si](C)(C)O. The van der Waals surface area contributed by atoms with Gasteiger partial charge in [-0.3, -0.25) is 0 Å². The maximum absolute atomic E-state index is 10.5. The number of rotatable bonds is 4. The summed E-state index contributed by atoms with van der Waals surface area (Å²) in [5.41, 5.74) is 2.03. The molecule has 1 spiro atoms. The van der Waals surface area contributed by atoms with E-state index in [1.54, 1.807) is 0 Å². The van der Waals surface area contributed by atoms with E-state index in [1.165, 1.54) is 31.3 Å². The van der Waals surface area contributed by atoms with Crippen LogP contribution in [0.2, 0.25) is 18.1 Å². The summed E-state index contributed by atoms with van der Waals surface area (Å²) < 4.78 is 0. The fourth-order valence-electron chi connectivity index (χ4n) is 3.54. The molecule has 0 heterocycles. The second kappa shape index (κ2) is 5.01. The lowest BCUT2D eigenvalue weighted by Gasteiger charge is -2.43. The van der Waals surface area contributed by atoms with Crippen molar-refractivity contribution in [3.8, 4) is 0 Å². The number of aliphatic hydroxyl groups is 1. The van der Waals surface area contributed by atoms with Gasteiger partial charge in [-0.2, -0.15) is 0 Å². The quantitative estimate of drug-likeness (QED) is 0.607. The zero-order chi connectivity index (χ0) is 14.3.